The zero-order valence-electron chi connectivity index (χ0n) is 8.66. The first-order valence-electron chi connectivity index (χ1n) is 5.39. The number of aliphatic imine (C=N–C) groups is 1. The maximum Gasteiger partial charge on any atom is 0.206 e. The minimum Gasteiger partial charge on any atom is -0.323 e. The summed E-state index contributed by atoms with van der Waals surface area (Å²) >= 11 is 7.69. The highest BCUT2D eigenvalue weighted by molar-refractivity contribution is 7.98. The van der Waals surface area contributed by atoms with Gasteiger partial charge in [-0.15, -0.1) is 0 Å². The van der Waals surface area contributed by atoms with Gasteiger partial charge in [0.15, 0.2) is 0 Å². The quantitative estimate of drug-likeness (QED) is 0.755. The fourth-order valence-electron chi connectivity index (χ4n) is 1.71. The molecule has 0 radical (unpaired) electrons. The summed E-state index contributed by atoms with van der Waals surface area (Å²) in [5, 5.41) is 3.99. The molecular formula is C11H12ClN3S. The third kappa shape index (κ3) is 1.87. The van der Waals surface area contributed by atoms with Crippen molar-refractivity contribution in [2.45, 2.75) is 30.2 Å². The van der Waals surface area contributed by atoms with Gasteiger partial charge in [-0.1, -0.05) is 17.7 Å². The molecular weight excluding hydrogens is 242 g/mol. The zero-order chi connectivity index (χ0) is 11.0. The third-order valence-electron chi connectivity index (χ3n) is 2.86. The first-order valence-corrected chi connectivity index (χ1v) is 6.58. The number of nitrogens with one attached hydrogen (secondary N) is 2. The second-order valence-corrected chi connectivity index (χ2v) is 5.26. The van der Waals surface area contributed by atoms with Crippen LogP contribution in [0.1, 0.15) is 19.3 Å². The molecule has 84 valence electrons. The Morgan fingerprint density at radius 3 is 3.00 bits per heavy atom. The lowest BCUT2D eigenvalue weighted by Gasteiger charge is -2.26. The maximum absolute atomic E-state index is 6.13. The fraction of sp³-hybridized carbons (Fsp3) is 0.364. The minimum atomic E-state index is 0.486. The van der Waals surface area contributed by atoms with Crippen LogP contribution in [0.4, 0.5) is 5.69 Å². The van der Waals surface area contributed by atoms with Crippen molar-refractivity contribution in [3.8, 4) is 0 Å². The molecule has 2 aliphatic rings. The molecule has 16 heavy (non-hydrogen) atoms. The van der Waals surface area contributed by atoms with Crippen LogP contribution in [0.5, 0.6) is 0 Å². The van der Waals surface area contributed by atoms with Crippen molar-refractivity contribution in [3.63, 3.8) is 0 Å². The van der Waals surface area contributed by atoms with Crippen molar-refractivity contribution < 1.29 is 0 Å². The molecule has 1 heterocycles. The summed E-state index contributed by atoms with van der Waals surface area (Å²) in [5.41, 5.74) is 0.964. The molecule has 1 aliphatic carbocycles. The predicted octanol–water partition coefficient (Wildman–Crippen LogP) is 3.27. The highest BCUT2D eigenvalue weighted by Crippen LogP contribution is 2.35. The molecule has 5 heteroatoms. The van der Waals surface area contributed by atoms with Gasteiger partial charge in [0.05, 0.1) is 21.6 Å². The number of nitrogens with zero attached hydrogens (tertiary/aromatic N) is 1. The molecule has 3 rings (SSSR count). The van der Waals surface area contributed by atoms with Crippen LogP contribution < -0.4 is 10.0 Å². The molecule has 1 aromatic carbocycles. The lowest BCUT2D eigenvalue weighted by atomic mass is 9.94. The first-order chi connectivity index (χ1) is 7.83. The Hall–Kier alpha value is -0.870. The Bertz CT molecular complexity index is 443. The van der Waals surface area contributed by atoms with Gasteiger partial charge in [0.1, 0.15) is 0 Å². The number of anilines is 1. The minimum absolute atomic E-state index is 0.486. The number of guanidine groups is 1. The first kappa shape index (κ1) is 10.3. The van der Waals surface area contributed by atoms with Crippen LogP contribution >= 0.6 is 23.5 Å². The molecule has 0 spiro atoms. The summed E-state index contributed by atoms with van der Waals surface area (Å²) < 4.78 is 3.20. The summed E-state index contributed by atoms with van der Waals surface area (Å²) in [6, 6.07) is 6.36. The summed E-state index contributed by atoms with van der Waals surface area (Å²) in [4.78, 5) is 5.71. The highest BCUT2D eigenvalue weighted by Gasteiger charge is 2.20. The van der Waals surface area contributed by atoms with Crippen LogP contribution in [-0.4, -0.2) is 12.0 Å². The van der Waals surface area contributed by atoms with Gasteiger partial charge in [0.2, 0.25) is 5.96 Å². The van der Waals surface area contributed by atoms with Crippen molar-refractivity contribution in [3.05, 3.63) is 23.2 Å². The van der Waals surface area contributed by atoms with Gasteiger partial charge in [-0.2, -0.15) is 0 Å². The van der Waals surface area contributed by atoms with Gasteiger partial charge in [0, 0.05) is 0 Å². The molecule has 1 aromatic rings. The predicted molar refractivity (Wildman–Crippen MR) is 69.1 cm³/mol. The van der Waals surface area contributed by atoms with E-state index in [0.717, 1.165) is 21.6 Å². The van der Waals surface area contributed by atoms with Crippen LogP contribution in [-0.2, 0) is 0 Å². The standard InChI is InChI=1S/C11H12ClN3S/c12-8-5-2-6-9-10(8)14-11(15-16-9)13-7-3-1-4-7/h2,5-7H,1,3-4H2,(H2,13,14,15). The maximum atomic E-state index is 6.13. The SMILES string of the molecule is Clc1cccc2c1NC(=NC1CCC1)NS2. The van der Waals surface area contributed by atoms with Crippen LogP contribution in [0, 0.1) is 0 Å². The normalized spacial score (nSPS) is 21.9. The van der Waals surface area contributed by atoms with Crippen LogP contribution in [0.3, 0.4) is 0 Å². The van der Waals surface area contributed by atoms with E-state index in [2.05, 4.69) is 15.0 Å². The van der Waals surface area contributed by atoms with E-state index in [1.165, 1.54) is 19.3 Å². The second kappa shape index (κ2) is 4.18. The molecule has 1 saturated carbocycles. The van der Waals surface area contributed by atoms with E-state index < -0.39 is 0 Å². The van der Waals surface area contributed by atoms with Crippen molar-refractivity contribution in [1.29, 1.82) is 0 Å². The monoisotopic (exact) mass is 253 g/mol. The largest absolute Gasteiger partial charge is 0.323 e. The summed E-state index contributed by atoms with van der Waals surface area (Å²) in [6.07, 6.45) is 3.70. The molecule has 0 saturated heterocycles. The molecule has 1 fully saturated rings. The van der Waals surface area contributed by atoms with Gasteiger partial charge in [-0.05, 0) is 43.3 Å². The smallest absolute Gasteiger partial charge is 0.206 e. The number of fused-ring (bicyclic) bond motifs is 1. The van der Waals surface area contributed by atoms with Crippen molar-refractivity contribution >= 4 is 35.2 Å². The number of hydrogen-bond donors (Lipinski definition) is 2. The van der Waals surface area contributed by atoms with Crippen LogP contribution in [0.15, 0.2) is 28.1 Å². The van der Waals surface area contributed by atoms with Crippen molar-refractivity contribution in [2.24, 2.45) is 4.99 Å². The second-order valence-electron chi connectivity index (χ2n) is 4.00. The fourth-order valence-corrected chi connectivity index (χ4v) is 2.71. The van der Waals surface area contributed by atoms with Crippen LogP contribution in [0.25, 0.3) is 0 Å². The van der Waals surface area contributed by atoms with E-state index in [1.807, 2.05) is 18.2 Å². The number of benzene rings is 1. The molecule has 0 aromatic heterocycles. The van der Waals surface area contributed by atoms with Crippen LogP contribution in [0.2, 0.25) is 5.02 Å². The molecule has 2 N–H and O–H groups in total. The molecule has 0 unspecified atom stereocenters. The summed E-state index contributed by atoms with van der Waals surface area (Å²) in [7, 11) is 0. The average Bonchev–Trinajstić information content (AvgIpc) is 2.24. The molecule has 3 nitrogen and oxygen atoms in total. The average molecular weight is 254 g/mol. The van der Waals surface area contributed by atoms with Gasteiger partial charge in [-0.3, -0.25) is 4.72 Å². The van der Waals surface area contributed by atoms with E-state index in [4.69, 9.17) is 11.6 Å². The highest BCUT2D eigenvalue weighted by atomic mass is 35.5. The lowest BCUT2D eigenvalue weighted by molar-refractivity contribution is 0.419. The van der Waals surface area contributed by atoms with Gasteiger partial charge >= 0.3 is 0 Å². The zero-order valence-corrected chi connectivity index (χ0v) is 10.2. The Morgan fingerprint density at radius 2 is 2.25 bits per heavy atom. The Morgan fingerprint density at radius 1 is 1.38 bits per heavy atom. The molecule has 1 aliphatic heterocycles. The molecule has 0 amide bonds. The number of hydrogen-bond acceptors (Lipinski definition) is 2. The third-order valence-corrected chi connectivity index (χ3v) is 4.03. The van der Waals surface area contributed by atoms with Crippen molar-refractivity contribution in [1.82, 2.24) is 4.72 Å². The van der Waals surface area contributed by atoms with E-state index >= 15 is 0 Å². The van der Waals surface area contributed by atoms with E-state index in [1.54, 1.807) is 11.9 Å². The Labute approximate surface area is 104 Å². The summed E-state index contributed by atoms with van der Waals surface area (Å²) in [5.74, 6) is 0.829. The number of para-hydroxylation sites is 1. The summed E-state index contributed by atoms with van der Waals surface area (Å²) in [6.45, 7) is 0. The van der Waals surface area contributed by atoms with Gasteiger partial charge < -0.3 is 5.32 Å². The lowest BCUT2D eigenvalue weighted by Crippen LogP contribution is -2.32. The molecule has 0 bridgehead atoms. The van der Waals surface area contributed by atoms with E-state index in [9.17, 15) is 0 Å². The Kier molecular flexibility index (Phi) is 2.69. The van der Waals surface area contributed by atoms with Gasteiger partial charge in [-0.25, -0.2) is 4.99 Å². The van der Waals surface area contributed by atoms with E-state index in [-0.39, 0.29) is 0 Å². The van der Waals surface area contributed by atoms with Gasteiger partial charge in [0.25, 0.3) is 0 Å². The number of halogens is 1. The topological polar surface area (TPSA) is 36.4 Å². The molecule has 0 atom stereocenters. The van der Waals surface area contributed by atoms with Crippen molar-refractivity contribution in [2.75, 3.05) is 5.32 Å². The number of rotatable bonds is 1. The Balaban J connectivity index is 1.84. The van der Waals surface area contributed by atoms with E-state index in [0.29, 0.717) is 6.04 Å².